The van der Waals surface area contributed by atoms with Gasteiger partial charge in [0.15, 0.2) is 17.0 Å². The predicted molar refractivity (Wildman–Crippen MR) is 83.7 cm³/mol. The Labute approximate surface area is 130 Å². The van der Waals surface area contributed by atoms with E-state index in [1.807, 2.05) is 6.07 Å². The van der Waals surface area contributed by atoms with Crippen LogP contribution in [0.2, 0.25) is 0 Å². The SMILES string of the molecule is Cc1nc2cc(Nc3c(C#N)c(=O)n(C)c(=O)n3C)ccc2o1. The van der Waals surface area contributed by atoms with Crippen molar-refractivity contribution in [1.29, 1.82) is 5.26 Å². The van der Waals surface area contributed by atoms with E-state index in [0.29, 0.717) is 22.7 Å². The van der Waals surface area contributed by atoms with Gasteiger partial charge in [-0.2, -0.15) is 5.26 Å². The lowest BCUT2D eigenvalue weighted by atomic mass is 10.2. The van der Waals surface area contributed by atoms with Gasteiger partial charge < -0.3 is 9.73 Å². The van der Waals surface area contributed by atoms with Crippen LogP contribution >= 0.6 is 0 Å². The fourth-order valence-corrected chi connectivity index (χ4v) is 2.35. The minimum absolute atomic E-state index is 0.133. The van der Waals surface area contributed by atoms with E-state index in [0.717, 1.165) is 4.57 Å². The van der Waals surface area contributed by atoms with Crippen LogP contribution in [-0.2, 0) is 14.1 Å². The number of anilines is 2. The molecule has 0 aliphatic heterocycles. The zero-order valence-corrected chi connectivity index (χ0v) is 12.7. The number of oxazole rings is 1. The first-order chi connectivity index (χ1) is 10.9. The maximum atomic E-state index is 12.1. The van der Waals surface area contributed by atoms with Crippen LogP contribution in [0, 0.1) is 18.3 Å². The van der Waals surface area contributed by atoms with Crippen molar-refractivity contribution in [3.63, 3.8) is 0 Å². The smallest absolute Gasteiger partial charge is 0.332 e. The Morgan fingerprint density at radius 3 is 2.70 bits per heavy atom. The number of hydrogen-bond donors (Lipinski definition) is 1. The van der Waals surface area contributed by atoms with Gasteiger partial charge in [-0.25, -0.2) is 9.78 Å². The maximum Gasteiger partial charge on any atom is 0.332 e. The van der Waals surface area contributed by atoms with Crippen molar-refractivity contribution in [2.45, 2.75) is 6.92 Å². The highest BCUT2D eigenvalue weighted by molar-refractivity contribution is 5.79. The van der Waals surface area contributed by atoms with Crippen LogP contribution in [0.5, 0.6) is 0 Å². The second kappa shape index (κ2) is 5.14. The molecule has 0 bridgehead atoms. The van der Waals surface area contributed by atoms with Crippen LogP contribution in [0.4, 0.5) is 11.5 Å². The van der Waals surface area contributed by atoms with Crippen molar-refractivity contribution in [2.24, 2.45) is 14.1 Å². The molecule has 3 aromatic rings. The first-order valence-electron chi connectivity index (χ1n) is 6.76. The highest BCUT2D eigenvalue weighted by Gasteiger charge is 2.16. The summed E-state index contributed by atoms with van der Waals surface area (Å²) in [5.74, 6) is 0.677. The number of rotatable bonds is 2. The zero-order valence-electron chi connectivity index (χ0n) is 12.7. The van der Waals surface area contributed by atoms with Crippen LogP contribution in [0.3, 0.4) is 0 Å². The number of nitriles is 1. The summed E-state index contributed by atoms with van der Waals surface area (Å²) in [4.78, 5) is 28.3. The molecule has 0 aliphatic carbocycles. The molecule has 23 heavy (non-hydrogen) atoms. The van der Waals surface area contributed by atoms with Crippen molar-refractivity contribution >= 4 is 22.6 Å². The molecule has 8 heteroatoms. The average molecular weight is 311 g/mol. The van der Waals surface area contributed by atoms with E-state index in [1.54, 1.807) is 25.1 Å². The first-order valence-corrected chi connectivity index (χ1v) is 6.76. The van der Waals surface area contributed by atoms with E-state index < -0.39 is 11.2 Å². The molecule has 3 rings (SSSR count). The molecular formula is C15H13N5O3. The number of aromatic nitrogens is 3. The Kier molecular flexibility index (Phi) is 3.26. The molecule has 1 aromatic carbocycles. The lowest BCUT2D eigenvalue weighted by Crippen LogP contribution is -2.39. The van der Waals surface area contributed by atoms with Crippen molar-refractivity contribution in [3.8, 4) is 6.07 Å². The minimum atomic E-state index is -0.642. The summed E-state index contributed by atoms with van der Waals surface area (Å²) < 4.78 is 7.51. The lowest BCUT2D eigenvalue weighted by Gasteiger charge is -2.13. The molecule has 0 unspecified atom stereocenters. The fourth-order valence-electron chi connectivity index (χ4n) is 2.35. The molecule has 0 radical (unpaired) electrons. The molecule has 0 atom stereocenters. The predicted octanol–water partition coefficient (Wildman–Crippen LogP) is 1.15. The lowest BCUT2D eigenvalue weighted by molar-refractivity contribution is 0.561. The number of hydrogen-bond acceptors (Lipinski definition) is 6. The topological polar surface area (TPSA) is 106 Å². The van der Waals surface area contributed by atoms with Crippen molar-refractivity contribution in [1.82, 2.24) is 14.1 Å². The van der Waals surface area contributed by atoms with Crippen molar-refractivity contribution < 1.29 is 4.42 Å². The van der Waals surface area contributed by atoms with Crippen LogP contribution < -0.4 is 16.6 Å². The third-order valence-electron chi connectivity index (χ3n) is 3.53. The highest BCUT2D eigenvalue weighted by atomic mass is 16.3. The van der Waals surface area contributed by atoms with Crippen LogP contribution in [0.1, 0.15) is 11.5 Å². The third kappa shape index (κ3) is 2.28. The van der Waals surface area contributed by atoms with E-state index in [9.17, 15) is 14.9 Å². The average Bonchev–Trinajstić information content (AvgIpc) is 2.90. The van der Waals surface area contributed by atoms with Crippen molar-refractivity contribution in [3.05, 3.63) is 50.5 Å². The van der Waals surface area contributed by atoms with Crippen LogP contribution in [0.25, 0.3) is 11.1 Å². The number of fused-ring (bicyclic) bond motifs is 1. The quantitative estimate of drug-likeness (QED) is 0.761. The molecule has 0 fully saturated rings. The van der Waals surface area contributed by atoms with E-state index in [1.165, 1.54) is 18.7 Å². The Balaban J connectivity index is 2.17. The summed E-state index contributed by atoms with van der Waals surface area (Å²) in [6.07, 6.45) is 0. The summed E-state index contributed by atoms with van der Waals surface area (Å²) >= 11 is 0. The number of nitrogens with zero attached hydrogens (tertiary/aromatic N) is 4. The molecule has 2 heterocycles. The third-order valence-corrected chi connectivity index (χ3v) is 3.53. The second-order valence-electron chi connectivity index (χ2n) is 5.08. The summed E-state index contributed by atoms with van der Waals surface area (Å²) in [5.41, 5.74) is 0.564. The summed E-state index contributed by atoms with van der Waals surface area (Å²) in [7, 11) is 2.82. The first kappa shape index (κ1) is 14.6. The van der Waals surface area contributed by atoms with Gasteiger partial charge in [0.05, 0.1) is 0 Å². The van der Waals surface area contributed by atoms with Gasteiger partial charge in [-0.05, 0) is 18.2 Å². The molecule has 0 saturated carbocycles. The maximum absolute atomic E-state index is 12.1. The Morgan fingerprint density at radius 1 is 1.26 bits per heavy atom. The zero-order chi connectivity index (χ0) is 16.7. The van der Waals surface area contributed by atoms with Crippen LogP contribution in [-0.4, -0.2) is 14.1 Å². The van der Waals surface area contributed by atoms with Gasteiger partial charge >= 0.3 is 5.69 Å². The second-order valence-corrected chi connectivity index (χ2v) is 5.08. The Bertz CT molecular complexity index is 1080. The largest absolute Gasteiger partial charge is 0.441 e. The minimum Gasteiger partial charge on any atom is -0.441 e. The van der Waals surface area contributed by atoms with Crippen LogP contribution in [0.15, 0.2) is 32.2 Å². The summed E-state index contributed by atoms with van der Waals surface area (Å²) in [6.45, 7) is 1.74. The van der Waals surface area contributed by atoms with Gasteiger partial charge in [0.2, 0.25) is 0 Å². The molecule has 0 aliphatic rings. The van der Waals surface area contributed by atoms with Gasteiger partial charge in [-0.3, -0.25) is 13.9 Å². The molecule has 0 saturated heterocycles. The molecule has 2 aromatic heterocycles. The Morgan fingerprint density at radius 2 is 2.00 bits per heavy atom. The Hall–Kier alpha value is -3.34. The molecular weight excluding hydrogens is 298 g/mol. The van der Waals surface area contributed by atoms with Gasteiger partial charge in [-0.1, -0.05) is 0 Å². The number of aryl methyl sites for hydroxylation is 1. The van der Waals surface area contributed by atoms with Gasteiger partial charge in [0.25, 0.3) is 5.56 Å². The van der Waals surface area contributed by atoms with Gasteiger partial charge in [0.1, 0.15) is 17.4 Å². The van der Waals surface area contributed by atoms with Gasteiger partial charge in [0, 0.05) is 26.7 Å². The molecule has 8 nitrogen and oxygen atoms in total. The van der Waals surface area contributed by atoms with E-state index in [4.69, 9.17) is 4.42 Å². The molecule has 0 amide bonds. The number of benzene rings is 1. The fraction of sp³-hybridized carbons (Fsp3) is 0.200. The molecule has 1 N–H and O–H groups in total. The van der Waals surface area contributed by atoms with Crippen molar-refractivity contribution in [2.75, 3.05) is 5.32 Å². The molecule has 0 spiro atoms. The van der Waals surface area contributed by atoms with E-state index in [2.05, 4.69) is 10.3 Å². The molecule has 116 valence electrons. The summed E-state index contributed by atoms with van der Waals surface area (Å²) in [6, 6.07) is 7.01. The summed E-state index contributed by atoms with van der Waals surface area (Å²) in [5, 5.41) is 12.2. The van der Waals surface area contributed by atoms with E-state index >= 15 is 0 Å². The number of nitrogens with one attached hydrogen (secondary N) is 1. The van der Waals surface area contributed by atoms with Gasteiger partial charge in [-0.15, -0.1) is 0 Å². The standard InChI is InChI=1S/C15H13N5O3/c1-8-17-11-6-9(4-5-12(11)23-8)18-13-10(7-16)14(21)20(3)15(22)19(13)2/h4-6,18H,1-3H3. The monoisotopic (exact) mass is 311 g/mol. The highest BCUT2D eigenvalue weighted by Crippen LogP contribution is 2.22. The normalized spacial score (nSPS) is 10.7. The van der Waals surface area contributed by atoms with E-state index in [-0.39, 0.29) is 11.4 Å².